The summed E-state index contributed by atoms with van der Waals surface area (Å²) < 4.78 is 0. The van der Waals surface area contributed by atoms with E-state index in [9.17, 15) is 4.79 Å². The molecule has 0 saturated heterocycles. The summed E-state index contributed by atoms with van der Waals surface area (Å²) in [6.07, 6.45) is 1.18. The van der Waals surface area contributed by atoms with Crippen LogP contribution in [0.1, 0.15) is 32.3 Å². The van der Waals surface area contributed by atoms with Crippen LogP contribution in [0.5, 0.6) is 0 Å². The average molecular weight is 205 g/mol. The van der Waals surface area contributed by atoms with E-state index >= 15 is 0 Å². The Balaban J connectivity index is 2.57. The molecule has 0 N–H and O–H groups in total. The molecule has 0 heterocycles. The molecule has 0 fully saturated rings. The van der Waals surface area contributed by atoms with Crippen molar-refractivity contribution in [2.24, 2.45) is 5.16 Å². The van der Waals surface area contributed by atoms with Crippen LogP contribution in [-0.2, 0) is 9.63 Å². The quantitative estimate of drug-likeness (QED) is 0.430. The second kappa shape index (κ2) is 5.96. The summed E-state index contributed by atoms with van der Waals surface area (Å²) in [5.74, 6) is -0.284. The molecule has 0 saturated carbocycles. The molecule has 3 heteroatoms. The molecule has 0 bridgehead atoms. The third kappa shape index (κ3) is 3.94. The topological polar surface area (TPSA) is 38.7 Å². The highest BCUT2D eigenvalue weighted by Crippen LogP contribution is 2.01. The lowest BCUT2D eigenvalue weighted by molar-refractivity contribution is -0.143. The Labute approximate surface area is 89.7 Å². The van der Waals surface area contributed by atoms with Crippen molar-refractivity contribution in [1.82, 2.24) is 0 Å². The Morgan fingerprint density at radius 3 is 2.60 bits per heavy atom. The van der Waals surface area contributed by atoms with Crippen molar-refractivity contribution in [1.29, 1.82) is 0 Å². The van der Waals surface area contributed by atoms with Crippen LogP contribution in [0, 0.1) is 0 Å². The first-order chi connectivity index (χ1) is 7.24. The summed E-state index contributed by atoms with van der Waals surface area (Å²) >= 11 is 0. The molecule has 1 aromatic rings. The Hall–Kier alpha value is -1.64. The van der Waals surface area contributed by atoms with Crippen LogP contribution in [0.3, 0.4) is 0 Å². The molecular formula is C12H15NO2. The number of carbonyl (C=O) groups is 1. The van der Waals surface area contributed by atoms with E-state index in [4.69, 9.17) is 4.84 Å². The van der Waals surface area contributed by atoms with E-state index < -0.39 is 0 Å². The number of carbonyl (C=O) groups excluding carboxylic acids is 1. The van der Waals surface area contributed by atoms with Gasteiger partial charge >= 0.3 is 5.97 Å². The monoisotopic (exact) mass is 205 g/mol. The summed E-state index contributed by atoms with van der Waals surface area (Å²) in [7, 11) is 0. The van der Waals surface area contributed by atoms with E-state index in [1.165, 1.54) is 0 Å². The standard InChI is InChI=1S/C12H15NO2/c1-3-7-12(14)15-13-10(2)11-8-5-4-6-9-11/h4-6,8-9H,3,7H2,1-2H3/b13-10+. The van der Waals surface area contributed by atoms with Crippen molar-refractivity contribution in [3.63, 3.8) is 0 Å². The molecule has 0 aliphatic carbocycles. The van der Waals surface area contributed by atoms with E-state index in [0.717, 1.165) is 12.0 Å². The number of benzene rings is 1. The maximum atomic E-state index is 11.0. The van der Waals surface area contributed by atoms with Gasteiger partial charge in [-0.15, -0.1) is 0 Å². The second-order valence-corrected chi connectivity index (χ2v) is 3.26. The van der Waals surface area contributed by atoms with Crippen LogP contribution in [0.2, 0.25) is 0 Å². The maximum Gasteiger partial charge on any atom is 0.335 e. The lowest BCUT2D eigenvalue weighted by Gasteiger charge is -1.99. The van der Waals surface area contributed by atoms with E-state index in [2.05, 4.69) is 5.16 Å². The van der Waals surface area contributed by atoms with Gasteiger partial charge in [-0.25, -0.2) is 4.79 Å². The smallest absolute Gasteiger partial charge is 0.318 e. The van der Waals surface area contributed by atoms with Crippen LogP contribution in [0.25, 0.3) is 0 Å². The zero-order valence-electron chi connectivity index (χ0n) is 9.06. The van der Waals surface area contributed by atoms with Gasteiger partial charge in [-0.05, 0) is 18.9 Å². The number of hydrogen-bond acceptors (Lipinski definition) is 3. The number of oxime groups is 1. The first-order valence-corrected chi connectivity index (χ1v) is 5.04. The van der Waals surface area contributed by atoms with Crippen LogP contribution in [0.4, 0.5) is 0 Å². The predicted octanol–water partition coefficient (Wildman–Crippen LogP) is 2.75. The molecule has 3 nitrogen and oxygen atoms in total. The lowest BCUT2D eigenvalue weighted by Crippen LogP contribution is -2.02. The summed E-state index contributed by atoms with van der Waals surface area (Å²) in [6.45, 7) is 3.74. The minimum atomic E-state index is -0.284. The lowest BCUT2D eigenvalue weighted by atomic mass is 10.1. The first kappa shape index (κ1) is 11.4. The van der Waals surface area contributed by atoms with Gasteiger partial charge in [-0.3, -0.25) is 0 Å². The molecule has 0 aliphatic rings. The Kier molecular flexibility index (Phi) is 4.54. The van der Waals surface area contributed by atoms with Gasteiger partial charge in [0, 0.05) is 6.42 Å². The number of nitrogens with zero attached hydrogens (tertiary/aromatic N) is 1. The Morgan fingerprint density at radius 1 is 1.33 bits per heavy atom. The molecule has 80 valence electrons. The van der Waals surface area contributed by atoms with E-state index in [1.54, 1.807) is 0 Å². The van der Waals surface area contributed by atoms with Gasteiger partial charge in [0.1, 0.15) is 0 Å². The number of rotatable bonds is 4. The predicted molar refractivity (Wildman–Crippen MR) is 59.7 cm³/mol. The summed E-state index contributed by atoms with van der Waals surface area (Å²) in [4.78, 5) is 15.8. The van der Waals surface area contributed by atoms with Gasteiger partial charge in [-0.1, -0.05) is 42.4 Å². The molecule has 0 atom stereocenters. The third-order valence-electron chi connectivity index (χ3n) is 1.93. The minimum Gasteiger partial charge on any atom is -0.318 e. The molecule has 0 aromatic heterocycles. The first-order valence-electron chi connectivity index (χ1n) is 5.04. The summed E-state index contributed by atoms with van der Waals surface area (Å²) in [5.41, 5.74) is 1.67. The molecule has 0 amide bonds. The molecule has 15 heavy (non-hydrogen) atoms. The normalized spacial score (nSPS) is 11.2. The summed E-state index contributed by atoms with van der Waals surface area (Å²) in [5, 5.41) is 3.78. The fraction of sp³-hybridized carbons (Fsp3) is 0.333. The van der Waals surface area contributed by atoms with E-state index in [0.29, 0.717) is 12.1 Å². The number of hydrogen-bond donors (Lipinski definition) is 0. The van der Waals surface area contributed by atoms with Crippen molar-refractivity contribution >= 4 is 11.7 Å². The van der Waals surface area contributed by atoms with Crippen molar-refractivity contribution < 1.29 is 9.63 Å². The van der Waals surface area contributed by atoms with Gasteiger partial charge in [-0.2, -0.15) is 0 Å². The maximum absolute atomic E-state index is 11.0. The fourth-order valence-electron chi connectivity index (χ4n) is 1.10. The van der Waals surface area contributed by atoms with Gasteiger partial charge in [0.25, 0.3) is 0 Å². The van der Waals surface area contributed by atoms with Gasteiger partial charge in [0.2, 0.25) is 0 Å². The molecule has 0 aliphatic heterocycles. The molecule has 1 rings (SSSR count). The Bertz CT molecular complexity index is 344. The highest BCUT2D eigenvalue weighted by Gasteiger charge is 2.01. The fourth-order valence-corrected chi connectivity index (χ4v) is 1.10. The summed E-state index contributed by atoms with van der Waals surface area (Å²) in [6, 6.07) is 9.61. The molecule has 1 aromatic carbocycles. The van der Waals surface area contributed by atoms with E-state index in [1.807, 2.05) is 44.2 Å². The minimum absolute atomic E-state index is 0.284. The third-order valence-corrected chi connectivity index (χ3v) is 1.93. The molecule has 0 radical (unpaired) electrons. The molecular weight excluding hydrogens is 190 g/mol. The Morgan fingerprint density at radius 2 is 2.00 bits per heavy atom. The van der Waals surface area contributed by atoms with Crippen molar-refractivity contribution in [3.8, 4) is 0 Å². The molecule has 0 spiro atoms. The highest BCUT2D eigenvalue weighted by molar-refractivity contribution is 5.98. The van der Waals surface area contributed by atoms with Crippen LogP contribution in [0.15, 0.2) is 35.5 Å². The largest absolute Gasteiger partial charge is 0.335 e. The molecule has 0 unspecified atom stereocenters. The van der Waals surface area contributed by atoms with Crippen molar-refractivity contribution in [2.75, 3.05) is 0 Å². The van der Waals surface area contributed by atoms with Crippen molar-refractivity contribution in [3.05, 3.63) is 35.9 Å². The van der Waals surface area contributed by atoms with Crippen LogP contribution >= 0.6 is 0 Å². The average Bonchev–Trinajstić information content (AvgIpc) is 2.27. The van der Waals surface area contributed by atoms with Crippen molar-refractivity contribution in [2.45, 2.75) is 26.7 Å². The van der Waals surface area contributed by atoms with Gasteiger partial charge in [0.15, 0.2) is 0 Å². The van der Waals surface area contributed by atoms with Gasteiger partial charge < -0.3 is 4.84 Å². The second-order valence-electron chi connectivity index (χ2n) is 3.26. The van der Waals surface area contributed by atoms with Gasteiger partial charge in [0.05, 0.1) is 5.71 Å². The zero-order valence-corrected chi connectivity index (χ0v) is 9.06. The van der Waals surface area contributed by atoms with Crippen LogP contribution in [-0.4, -0.2) is 11.7 Å². The van der Waals surface area contributed by atoms with E-state index in [-0.39, 0.29) is 5.97 Å². The van der Waals surface area contributed by atoms with Crippen LogP contribution < -0.4 is 0 Å². The highest BCUT2D eigenvalue weighted by atomic mass is 16.7. The zero-order chi connectivity index (χ0) is 11.1. The SMILES string of the molecule is CCCC(=O)O/N=C(\C)c1ccccc1.